The van der Waals surface area contributed by atoms with Crippen LogP contribution in [0.25, 0.3) is 10.8 Å². The fraction of sp³-hybridized carbons (Fsp3) is 0.188. The van der Waals surface area contributed by atoms with Gasteiger partial charge in [0.15, 0.2) is 0 Å². The molecular weight excluding hydrogens is 284 g/mol. The third-order valence-electron chi connectivity index (χ3n) is 3.39. The number of amides is 2. The lowest BCUT2D eigenvalue weighted by Gasteiger charge is -2.16. The number of benzene rings is 1. The van der Waals surface area contributed by atoms with E-state index in [4.69, 9.17) is 4.42 Å². The van der Waals surface area contributed by atoms with Crippen LogP contribution in [0.15, 0.2) is 45.8 Å². The molecule has 2 amide bonds. The first kappa shape index (κ1) is 14.2. The summed E-state index contributed by atoms with van der Waals surface area (Å²) in [7, 11) is 3.86. The van der Waals surface area contributed by atoms with Crippen LogP contribution in [0.1, 0.15) is 5.56 Å². The largest absolute Gasteiger partial charge is 0.429 e. The van der Waals surface area contributed by atoms with E-state index in [9.17, 15) is 14.4 Å². The van der Waals surface area contributed by atoms with Gasteiger partial charge in [0.1, 0.15) is 12.0 Å². The summed E-state index contributed by atoms with van der Waals surface area (Å²) in [4.78, 5) is 38.7. The molecule has 1 aromatic carbocycles. The number of hydrogen-bond donors (Lipinski definition) is 0. The van der Waals surface area contributed by atoms with Crippen LogP contribution in [0.2, 0.25) is 0 Å². The summed E-state index contributed by atoms with van der Waals surface area (Å²) < 4.78 is 4.96. The van der Waals surface area contributed by atoms with Crippen molar-refractivity contribution in [3.63, 3.8) is 0 Å². The molecule has 2 aromatic rings. The van der Waals surface area contributed by atoms with Gasteiger partial charge in [-0.25, -0.2) is 9.69 Å². The van der Waals surface area contributed by atoms with Gasteiger partial charge in [-0.05, 0) is 25.7 Å². The number of hydrogen-bond acceptors (Lipinski definition) is 5. The molecule has 0 spiro atoms. The second-order valence-electron chi connectivity index (χ2n) is 5.38. The van der Waals surface area contributed by atoms with Crippen molar-refractivity contribution in [2.45, 2.75) is 6.54 Å². The summed E-state index contributed by atoms with van der Waals surface area (Å²) in [6, 6.07) is 5.53. The quantitative estimate of drug-likeness (QED) is 0.798. The van der Waals surface area contributed by atoms with Gasteiger partial charge < -0.3 is 9.32 Å². The molecule has 6 heteroatoms. The van der Waals surface area contributed by atoms with Crippen molar-refractivity contribution in [3.8, 4) is 0 Å². The summed E-state index contributed by atoms with van der Waals surface area (Å²) in [5.74, 6) is -1.08. The van der Waals surface area contributed by atoms with E-state index < -0.39 is 17.4 Å². The Morgan fingerprint density at radius 2 is 1.77 bits per heavy atom. The highest BCUT2D eigenvalue weighted by Gasteiger charge is 2.29. The molecule has 1 aliphatic heterocycles. The van der Waals surface area contributed by atoms with Crippen LogP contribution in [-0.2, 0) is 16.1 Å². The zero-order valence-corrected chi connectivity index (χ0v) is 12.2. The predicted octanol–water partition coefficient (Wildman–Crippen LogP) is 1.28. The molecule has 0 radical (unpaired) electrons. The van der Waals surface area contributed by atoms with Crippen LogP contribution in [0.4, 0.5) is 5.69 Å². The van der Waals surface area contributed by atoms with Gasteiger partial charge in [-0.15, -0.1) is 0 Å². The summed E-state index contributed by atoms with van der Waals surface area (Å²) in [5, 5.41) is 1.19. The predicted molar refractivity (Wildman–Crippen MR) is 81.5 cm³/mol. The lowest BCUT2D eigenvalue weighted by molar-refractivity contribution is -0.120. The molecule has 0 atom stereocenters. The number of carbonyl (C=O) groups is 2. The Bertz CT molecular complexity index is 846. The molecule has 22 heavy (non-hydrogen) atoms. The maximum absolute atomic E-state index is 12.1. The van der Waals surface area contributed by atoms with Gasteiger partial charge in [-0.1, -0.05) is 12.1 Å². The molecule has 0 aliphatic carbocycles. The maximum Gasteiger partial charge on any atom is 0.361 e. The van der Waals surface area contributed by atoms with Crippen molar-refractivity contribution >= 4 is 28.3 Å². The first-order chi connectivity index (χ1) is 10.5. The van der Waals surface area contributed by atoms with Crippen molar-refractivity contribution in [3.05, 3.63) is 52.6 Å². The van der Waals surface area contributed by atoms with E-state index in [1.54, 1.807) is 12.1 Å². The topological polar surface area (TPSA) is 70.8 Å². The number of imide groups is 1. The van der Waals surface area contributed by atoms with E-state index in [2.05, 4.69) is 0 Å². The lowest BCUT2D eigenvalue weighted by atomic mass is 10.1. The number of nitrogens with zero attached hydrogens (tertiary/aromatic N) is 2. The van der Waals surface area contributed by atoms with E-state index >= 15 is 0 Å². The second-order valence-corrected chi connectivity index (χ2v) is 5.38. The van der Waals surface area contributed by atoms with Crippen LogP contribution in [0.3, 0.4) is 0 Å². The monoisotopic (exact) mass is 298 g/mol. The highest BCUT2D eigenvalue weighted by molar-refractivity contribution is 6.30. The molecule has 0 fully saturated rings. The van der Waals surface area contributed by atoms with Gasteiger partial charge in [0, 0.05) is 29.5 Å². The molecule has 6 nitrogen and oxygen atoms in total. The summed E-state index contributed by atoms with van der Waals surface area (Å²) >= 11 is 0. The van der Waals surface area contributed by atoms with Crippen molar-refractivity contribution in [1.29, 1.82) is 0 Å². The minimum atomic E-state index is -0.708. The molecule has 1 aromatic heterocycles. The maximum atomic E-state index is 12.1. The van der Waals surface area contributed by atoms with Crippen molar-refractivity contribution in [2.24, 2.45) is 0 Å². The Hall–Kier alpha value is -2.73. The Kier molecular flexibility index (Phi) is 3.38. The Labute approximate surface area is 126 Å². The van der Waals surface area contributed by atoms with Crippen LogP contribution in [0, 0.1) is 0 Å². The SMILES string of the molecule is CN(C)Cc1ccc2coc(=O)c(N3C(=O)C=CC3=O)c2c1. The molecular formula is C16H14N2O4. The number of carbonyl (C=O) groups excluding carboxylic acids is 2. The zero-order chi connectivity index (χ0) is 15.9. The van der Waals surface area contributed by atoms with E-state index in [0.717, 1.165) is 22.6 Å². The minimum Gasteiger partial charge on any atom is -0.429 e. The fourth-order valence-corrected chi connectivity index (χ4v) is 2.49. The Balaban J connectivity index is 2.23. The molecule has 0 unspecified atom stereocenters. The van der Waals surface area contributed by atoms with Crippen LogP contribution in [-0.4, -0.2) is 30.8 Å². The third kappa shape index (κ3) is 2.33. The average Bonchev–Trinajstić information content (AvgIpc) is 2.78. The van der Waals surface area contributed by atoms with E-state index in [0.29, 0.717) is 17.3 Å². The minimum absolute atomic E-state index is 0.0295. The first-order valence-corrected chi connectivity index (χ1v) is 6.72. The summed E-state index contributed by atoms with van der Waals surface area (Å²) in [5.41, 5.74) is 0.231. The van der Waals surface area contributed by atoms with Gasteiger partial charge >= 0.3 is 5.63 Å². The summed E-state index contributed by atoms with van der Waals surface area (Å²) in [6.07, 6.45) is 3.62. The van der Waals surface area contributed by atoms with Gasteiger partial charge in [0.25, 0.3) is 11.8 Å². The third-order valence-corrected chi connectivity index (χ3v) is 3.39. The van der Waals surface area contributed by atoms with Gasteiger partial charge in [-0.3, -0.25) is 9.59 Å². The van der Waals surface area contributed by atoms with Crippen molar-refractivity contribution in [1.82, 2.24) is 4.90 Å². The van der Waals surface area contributed by atoms with Crippen LogP contribution >= 0.6 is 0 Å². The Morgan fingerprint density at radius 3 is 2.41 bits per heavy atom. The molecule has 3 rings (SSSR count). The van der Waals surface area contributed by atoms with Crippen LogP contribution < -0.4 is 10.5 Å². The van der Waals surface area contributed by atoms with Gasteiger partial charge in [0.2, 0.25) is 0 Å². The normalized spacial score (nSPS) is 14.6. The second kappa shape index (κ2) is 5.23. The zero-order valence-electron chi connectivity index (χ0n) is 12.2. The molecule has 112 valence electrons. The standard InChI is InChI=1S/C16H14N2O4/c1-17(2)8-10-3-4-11-9-22-16(21)15(12(11)7-10)18-13(19)5-6-14(18)20/h3-7,9H,8H2,1-2H3. The molecule has 0 bridgehead atoms. The first-order valence-electron chi connectivity index (χ1n) is 6.72. The highest BCUT2D eigenvalue weighted by atomic mass is 16.4. The number of anilines is 1. The molecule has 0 N–H and O–H groups in total. The summed E-state index contributed by atoms with van der Waals surface area (Å²) in [6.45, 7) is 0.676. The lowest BCUT2D eigenvalue weighted by Crippen LogP contribution is -2.33. The van der Waals surface area contributed by atoms with Crippen molar-refractivity contribution in [2.75, 3.05) is 19.0 Å². The molecule has 0 saturated carbocycles. The highest BCUT2D eigenvalue weighted by Crippen LogP contribution is 2.27. The molecule has 0 saturated heterocycles. The fourth-order valence-electron chi connectivity index (χ4n) is 2.49. The Morgan fingerprint density at radius 1 is 1.09 bits per heavy atom. The van der Waals surface area contributed by atoms with E-state index in [1.807, 2.05) is 25.1 Å². The molecule has 2 heterocycles. The number of rotatable bonds is 3. The molecule has 1 aliphatic rings. The average molecular weight is 298 g/mol. The van der Waals surface area contributed by atoms with E-state index in [-0.39, 0.29) is 5.69 Å². The van der Waals surface area contributed by atoms with E-state index in [1.165, 1.54) is 6.26 Å². The van der Waals surface area contributed by atoms with Gasteiger partial charge in [-0.2, -0.15) is 0 Å². The smallest absolute Gasteiger partial charge is 0.361 e. The number of fused-ring (bicyclic) bond motifs is 1. The van der Waals surface area contributed by atoms with Gasteiger partial charge in [0.05, 0.1) is 0 Å². The van der Waals surface area contributed by atoms with Crippen LogP contribution in [0.5, 0.6) is 0 Å². The van der Waals surface area contributed by atoms with Crippen molar-refractivity contribution < 1.29 is 14.0 Å².